The molecular formula is C12H19N3O3S. The fourth-order valence-electron chi connectivity index (χ4n) is 1.48. The average Bonchev–Trinajstić information content (AvgIpc) is 2.38. The maximum absolute atomic E-state index is 11.7. The van der Waals surface area contributed by atoms with E-state index in [4.69, 9.17) is 0 Å². The summed E-state index contributed by atoms with van der Waals surface area (Å²) in [5.41, 5.74) is 1.41. The van der Waals surface area contributed by atoms with Crippen LogP contribution < -0.4 is 15.4 Å². The van der Waals surface area contributed by atoms with Gasteiger partial charge in [0.05, 0.1) is 5.75 Å². The molecular weight excluding hydrogens is 266 g/mol. The van der Waals surface area contributed by atoms with Crippen molar-refractivity contribution in [3.05, 3.63) is 29.8 Å². The van der Waals surface area contributed by atoms with Gasteiger partial charge in [-0.2, -0.15) is 0 Å². The van der Waals surface area contributed by atoms with Crippen molar-refractivity contribution in [1.29, 1.82) is 0 Å². The summed E-state index contributed by atoms with van der Waals surface area (Å²) in [5, 5.41) is 5.52. The van der Waals surface area contributed by atoms with Crippen LogP contribution >= 0.6 is 0 Å². The molecule has 0 bridgehead atoms. The molecule has 0 spiro atoms. The fraction of sp³-hybridized carbons (Fsp3) is 0.417. The second kappa shape index (κ2) is 7.10. The summed E-state index contributed by atoms with van der Waals surface area (Å²) in [4.78, 5) is 11.7. The van der Waals surface area contributed by atoms with Gasteiger partial charge in [0, 0.05) is 31.4 Å². The molecule has 0 saturated carbocycles. The van der Waals surface area contributed by atoms with Gasteiger partial charge in [-0.3, -0.25) is 4.79 Å². The molecule has 7 heteroatoms. The van der Waals surface area contributed by atoms with Crippen molar-refractivity contribution in [2.75, 3.05) is 31.2 Å². The summed E-state index contributed by atoms with van der Waals surface area (Å²) in [5.74, 6) is -0.407. The molecule has 0 heterocycles. The Labute approximate surface area is 113 Å². The molecule has 1 amide bonds. The molecule has 0 atom stereocenters. The highest BCUT2D eigenvalue weighted by Crippen LogP contribution is 2.08. The second-order valence-electron chi connectivity index (χ2n) is 3.90. The van der Waals surface area contributed by atoms with Crippen LogP contribution in [-0.2, 0) is 10.0 Å². The summed E-state index contributed by atoms with van der Waals surface area (Å²) in [7, 11) is -1.50. The molecule has 0 fully saturated rings. The number of rotatable bonds is 7. The number of amides is 1. The first-order chi connectivity index (χ1) is 8.98. The van der Waals surface area contributed by atoms with Crippen LogP contribution in [0.3, 0.4) is 0 Å². The van der Waals surface area contributed by atoms with E-state index in [0.717, 1.165) is 5.69 Å². The van der Waals surface area contributed by atoms with E-state index in [1.165, 1.54) is 0 Å². The van der Waals surface area contributed by atoms with Crippen LogP contribution in [0.4, 0.5) is 5.69 Å². The Bertz CT molecular complexity index is 512. The quantitative estimate of drug-likeness (QED) is 0.676. The normalized spacial score (nSPS) is 11.1. The van der Waals surface area contributed by atoms with E-state index in [2.05, 4.69) is 15.4 Å². The van der Waals surface area contributed by atoms with Gasteiger partial charge in [-0.05, 0) is 24.3 Å². The average molecular weight is 285 g/mol. The highest BCUT2D eigenvalue weighted by molar-refractivity contribution is 7.89. The molecule has 0 aliphatic heterocycles. The third-order valence-electron chi connectivity index (χ3n) is 2.46. The molecule has 0 saturated heterocycles. The van der Waals surface area contributed by atoms with E-state index in [9.17, 15) is 13.2 Å². The third-order valence-corrected chi connectivity index (χ3v) is 3.93. The lowest BCUT2D eigenvalue weighted by molar-refractivity contribution is 0.0956. The Kier molecular flexibility index (Phi) is 5.78. The molecule has 106 valence electrons. The molecule has 0 aliphatic carbocycles. The van der Waals surface area contributed by atoms with Crippen LogP contribution in [0.1, 0.15) is 17.3 Å². The zero-order valence-corrected chi connectivity index (χ0v) is 11.9. The first-order valence-electron chi connectivity index (χ1n) is 6.02. The van der Waals surface area contributed by atoms with Gasteiger partial charge in [0.25, 0.3) is 5.91 Å². The fourth-order valence-corrected chi connectivity index (χ4v) is 2.44. The van der Waals surface area contributed by atoms with Crippen molar-refractivity contribution in [3.8, 4) is 0 Å². The van der Waals surface area contributed by atoms with E-state index < -0.39 is 10.0 Å². The molecule has 1 aromatic carbocycles. The largest absolute Gasteiger partial charge is 0.388 e. The van der Waals surface area contributed by atoms with Gasteiger partial charge < -0.3 is 10.6 Å². The van der Waals surface area contributed by atoms with Crippen molar-refractivity contribution < 1.29 is 13.2 Å². The number of hydrogen-bond donors (Lipinski definition) is 3. The van der Waals surface area contributed by atoms with Crippen LogP contribution in [0.5, 0.6) is 0 Å². The van der Waals surface area contributed by atoms with Gasteiger partial charge in [0.2, 0.25) is 10.0 Å². The molecule has 0 aliphatic rings. The molecule has 0 aromatic heterocycles. The summed E-state index contributed by atoms with van der Waals surface area (Å²) < 4.78 is 25.1. The highest BCUT2D eigenvalue weighted by atomic mass is 32.2. The molecule has 19 heavy (non-hydrogen) atoms. The van der Waals surface area contributed by atoms with Gasteiger partial charge in [-0.15, -0.1) is 0 Å². The van der Waals surface area contributed by atoms with Gasteiger partial charge in [0.1, 0.15) is 0 Å². The number of anilines is 1. The Hall–Kier alpha value is -1.60. The number of benzene rings is 1. The van der Waals surface area contributed by atoms with Gasteiger partial charge in [-0.25, -0.2) is 13.1 Å². The monoisotopic (exact) mass is 285 g/mol. The van der Waals surface area contributed by atoms with Gasteiger partial charge in [0.15, 0.2) is 0 Å². The van der Waals surface area contributed by atoms with Gasteiger partial charge in [-0.1, -0.05) is 6.92 Å². The number of sulfonamides is 1. The SMILES string of the molecule is CCNS(=O)(=O)CCNC(=O)c1ccc(NC)cc1. The van der Waals surface area contributed by atoms with Crippen LogP contribution in [0.25, 0.3) is 0 Å². The topological polar surface area (TPSA) is 87.3 Å². The zero-order chi connectivity index (χ0) is 14.3. The van der Waals surface area contributed by atoms with Crippen LogP contribution in [0.2, 0.25) is 0 Å². The molecule has 1 rings (SSSR count). The van der Waals surface area contributed by atoms with E-state index in [0.29, 0.717) is 12.1 Å². The van der Waals surface area contributed by atoms with Crippen molar-refractivity contribution in [2.45, 2.75) is 6.92 Å². The van der Waals surface area contributed by atoms with Crippen LogP contribution in [0, 0.1) is 0 Å². The van der Waals surface area contributed by atoms with Crippen molar-refractivity contribution in [2.24, 2.45) is 0 Å². The third kappa shape index (κ3) is 5.27. The maximum Gasteiger partial charge on any atom is 0.251 e. The van der Waals surface area contributed by atoms with Crippen LogP contribution in [-0.4, -0.2) is 40.2 Å². The maximum atomic E-state index is 11.7. The van der Waals surface area contributed by atoms with Gasteiger partial charge >= 0.3 is 0 Å². The Balaban J connectivity index is 2.47. The van der Waals surface area contributed by atoms with E-state index in [1.54, 1.807) is 38.2 Å². The number of nitrogens with one attached hydrogen (secondary N) is 3. The molecule has 0 unspecified atom stereocenters. The number of carbonyl (C=O) groups excluding carboxylic acids is 1. The van der Waals surface area contributed by atoms with Crippen molar-refractivity contribution in [3.63, 3.8) is 0 Å². The molecule has 6 nitrogen and oxygen atoms in total. The lowest BCUT2D eigenvalue weighted by Gasteiger charge is -2.07. The van der Waals surface area contributed by atoms with E-state index in [1.807, 2.05) is 0 Å². The summed E-state index contributed by atoms with van der Waals surface area (Å²) in [6.45, 7) is 2.14. The molecule has 1 aromatic rings. The number of hydrogen-bond acceptors (Lipinski definition) is 4. The van der Waals surface area contributed by atoms with Crippen molar-refractivity contribution in [1.82, 2.24) is 10.0 Å². The lowest BCUT2D eigenvalue weighted by Crippen LogP contribution is -2.34. The second-order valence-corrected chi connectivity index (χ2v) is 5.83. The summed E-state index contributed by atoms with van der Waals surface area (Å²) >= 11 is 0. The minimum atomic E-state index is -3.29. The minimum absolute atomic E-state index is 0.0853. The summed E-state index contributed by atoms with van der Waals surface area (Å²) in [6, 6.07) is 6.93. The first kappa shape index (κ1) is 15.5. The van der Waals surface area contributed by atoms with Crippen LogP contribution in [0.15, 0.2) is 24.3 Å². The standard InChI is InChI=1S/C12H19N3O3S/c1-3-15-19(17,18)9-8-14-12(16)10-4-6-11(13-2)7-5-10/h4-7,13,15H,3,8-9H2,1-2H3,(H,14,16). The minimum Gasteiger partial charge on any atom is -0.388 e. The smallest absolute Gasteiger partial charge is 0.251 e. The predicted octanol–water partition coefficient (Wildman–Crippen LogP) is 0.397. The van der Waals surface area contributed by atoms with Crippen molar-refractivity contribution >= 4 is 21.6 Å². The first-order valence-corrected chi connectivity index (χ1v) is 7.67. The summed E-state index contributed by atoms with van der Waals surface area (Å²) in [6.07, 6.45) is 0. The highest BCUT2D eigenvalue weighted by Gasteiger charge is 2.10. The Morgan fingerprint density at radius 2 is 1.84 bits per heavy atom. The Morgan fingerprint density at radius 3 is 2.37 bits per heavy atom. The predicted molar refractivity (Wildman–Crippen MR) is 75.8 cm³/mol. The van der Waals surface area contributed by atoms with E-state index in [-0.39, 0.29) is 18.2 Å². The molecule has 3 N–H and O–H groups in total. The Morgan fingerprint density at radius 1 is 1.21 bits per heavy atom. The lowest BCUT2D eigenvalue weighted by atomic mass is 10.2. The van der Waals surface area contributed by atoms with E-state index >= 15 is 0 Å². The zero-order valence-electron chi connectivity index (χ0n) is 11.1. The molecule has 0 radical (unpaired) electrons. The number of carbonyl (C=O) groups is 1.